The Morgan fingerprint density at radius 3 is 2.19 bits per heavy atom. The van der Waals surface area contributed by atoms with Gasteiger partial charge in [0.1, 0.15) is 5.69 Å². The second-order valence-electron chi connectivity index (χ2n) is 6.70. The van der Waals surface area contributed by atoms with Gasteiger partial charge in [-0.2, -0.15) is 0 Å². The Balaban J connectivity index is 1.79. The maximum absolute atomic E-state index is 12.6. The Morgan fingerprint density at radius 1 is 0.963 bits per heavy atom. The molecule has 6 nitrogen and oxygen atoms in total. The lowest BCUT2D eigenvalue weighted by molar-refractivity contribution is 0.390. The van der Waals surface area contributed by atoms with Crippen LogP contribution in [0.5, 0.6) is 0 Å². The third-order valence-corrected chi connectivity index (χ3v) is 5.86. The van der Waals surface area contributed by atoms with Crippen LogP contribution >= 0.6 is 0 Å². The van der Waals surface area contributed by atoms with E-state index in [-0.39, 0.29) is 10.7 Å². The molecule has 0 bridgehead atoms. The van der Waals surface area contributed by atoms with Crippen LogP contribution in [-0.4, -0.2) is 13.6 Å². The smallest absolute Gasteiger partial charge is 0.267 e. The van der Waals surface area contributed by atoms with Crippen molar-refractivity contribution in [3.63, 3.8) is 0 Å². The van der Waals surface area contributed by atoms with Gasteiger partial charge in [-0.25, -0.2) is 8.42 Å². The zero-order chi connectivity index (χ0) is 19.6. The van der Waals surface area contributed by atoms with E-state index in [2.05, 4.69) is 35.1 Å². The lowest BCUT2D eigenvalue weighted by Crippen LogP contribution is -2.14. The van der Waals surface area contributed by atoms with Crippen molar-refractivity contribution in [3.05, 3.63) is 65.5 Å². The van der Waals surface area contributed by atoms with Crippen molar-refractivity contribution >= 4 is 27.1 Å². The highest BCUT2D eigenvalue weighted by atomic mass is 32.2. The average Bonchev–Trinajstić information content (AvgIpc) is 2.96. The Labute approximate surface area is 159 Å². The van der Waals surface area contributed by atoms with Crippen molar-refractivity contribution in [3.8, 4) is 0 Å². The summed E-state index contributed by atoms with van der Waals surface area (Å²) in [5.74, 6) is 0.665. The maximum Gasteiger partial charge on any atom is 0.267 e. The first-order valence-corrected chi connectivity index (χ1v) is 10.2. The number of nitrogens with one attached hydrogen (secondary N) is 2. The third-order valence-electron chi connectivity index (χ3n) is 4.24. The van der Waals surface area contributed by atoms with Crippen LogP contribution in [0.1, 0.15) is 36.8 Å². The number of anilines is 3. The Kier molecular flexibility index (Phi) is 5.23. The van der Waals surface area contributed by atoms with E-state index in [1.807, 2.05) is 30.3 Å². The Morgan fingerprint density at radius 2 is 1.59 bits per heavy atom. The van der Waals surface area contributed by atoms with E-state index in [9.17, 15) is 8.42 Å². The highest BCUT2D eigenvalue weighted by Crippen LogP contribution is 2.28. The molecule has 2 N–H and O–H groups in total. The van der Waals surface area contributed by atoms with Crippen molar-refractivity contribution in [1.29, 1.82) is 0 Å². The minimum Gasteiger partial charge on any atom is -0.360 e. The largest absolute Gasteiger partial charge is 0.360 e. The molecule has 3 rings (SSSR count). The van der Waals surface area contributed by atoms with Gasteiger partial charge in [0.05, 0.1) is 0 Å². The zero-order valence-corrected chi connectivity index (χ0v) is 16.6. The highest BCUT2D eigenvalue weighted by molar-refractivity contribution is 7.92. The van der Waals surface area contributed by atoms with E-state index >= 15 is 0 Å². The quantitative estimate of drug-likeness (QED) is 0.626. The molecule has 0 saturated carbocycles. The molecule has 0 saturated heterocycles. The molecule has 0 aliphatic heterocycles. The normalized spacial score (nSPS) is 11.6. The number of hydrogen-bond acceptors (Lipinski definition) is 5. The molecular weight excluding hydrogens is 362 g/mol. The van der Waals surface area contributed by atoms with E-state index in [1.54, 1.807) is 26.0 Å². The summed E-state index contributed by atoms with van der Waals surface area (Å²) < 4.78 is 32.7. The molecule has 0 spiro atoms. The molecule has 0 radical (unpaired) electrons. The second kappa shape index (κ2) is 7.44. The number of benzene rings is 2. The summed E-state index contributed by atoms with van der Waals surface area (Å²) in [6.45, 7) is 7.47. The lowest BCUT2D eigenvalue weighted by Gasteiger charge is -2.15. The summed E-state index contributed by atoms with van der Waals surface area (Å²) >= 11 is 0. The second-order valence-corrected chi connectivity index (χ2v) is 8.32. The first kappa shape index (κ1) is 19.0. The number of aryl methyl sites for hydroxylation is 2. The van der Waals surface area contributed by atoms with Crippen LogP contribution in [0, 0.1) is 13.8 Å². The van der Waals surface area contributed by atoms with E-state index in [4.69, 9.17) is 4.52 Å². The molecule has 142 valence electrons. The van der Waals surface area contributed by atoms with E-state index in [0.717, 1.165) is 11.4 Å². The number of rotatable bonds is 6. The van der Waals surface area contributed by atoms with Crippen molar-refractivity contribution in [1.82, 2.24) is 5.16 Å². The molecule has 1 heterocycles. The average molecular weight is 385 g/mol. The molecule has 3 aromatic rings. The number of aromatic nitrogens is 1. The fraction of sp³-hybridized carbons (Fsp3) is 0.250. The minimum atomic E-state index is -3.75. The lowest BCUT2D eigenvalue weighted by atomic mass is 10.0. The van der Waals surface area contributed by atoms with Gasteiger partial charge in [0, 0.05) is 17.1 Å². The predicted molar refractivity (Wildman–Crippen MR) is 107 cm³/mol. The summed E-state index contributed by atoms with van der Waals surface area (Å²) in [5, 5.41) is 7.09. The summed E-state index contributed by atoms with van der Waals surface area (Å²) in [6, 6.07) is 15.2. The van der Waals surface area contributed by atoms with Gasteiger partial charge in [-0.15, -0.1) is 0 Å². The summed E-state index contributed by atoms with van der Waals surface area (Å²) in [4.78, 5) is 0.0792. The van der Waals surface area contributed by atoms with Crippen molar-refractivity contribution in [2.24, 2.45) is 0 Å². The van der Waals surface area contributed by atoms with Crippen molar-refractivity contribution < 1.29 is 12.9 Å². The van der Waals surface area contributed by atoms with Crippen LogP contribution in [0.15, 0.2) is 57.9 Å². The number of hydrogen-bond donors (Lipinski definition) is 2. The molecule has 2 aromatic carbocycles. The van der Waals surface area contributed by atoms with Gasteiger partial charge >= 0.3 is 0 Å². The third kappa shape index (κ3) is 4.14. The van der Waals surface area contributed by atoms with E-state index in [0.29, 0.717) is 17.3 Å². The number of para-hydroxylation sites is 1. The molecule has 0 unspecified atom stereocenters. The monoisotopic (exact) mass is 385 g/mol. The highest BCUT2D eigenvalue weighted by Gasteiger charge is 2.24. The summed E-state index contributed by atoms with van der Waals surface area (Å²) in [7, 11) is -3.75. The van der Waals surface area contributed by atoms with Crippen LogP contribution in [0.3, 0.4) is 0 Å². The van der Waals surface area contributed by atoms with Gasteiger partial charge in [-0.3, -0.25) is 4.72 Å². The Bertz CT molecular complexity index is 1020. The van der Waals surface area contributed by atoms with Gasteiger partial charge in [0.25, 0.3) is 10.0 Å². The molecule has 0 fully saturated rings. The van der Waals surface area contributed by atoms with Crippen LogP contribution in [0.4, 0.5) is 17.1 Å². The van der Waals surface area contributed by atoms with Crippen molar-refractivity contribution in [2.75, 3.05) is 10.0 Å². The number of nitrogens with zero attached hydrogens (tertiary/aromatic N) is 1. The standard InChI is InChI=1S/C20H23N3O3S/c1-13(2)18-7-5-6-8-19(18)21-16-9-11-17(12-10-16)23-27(24,25)20-14(3)22-26-15(20)4/h5-13,21,23H,1-4H3. The van der Waals surface area contributed by atoms with Gasteiger partial charge in [0.15, 0.2) is 10.7 Å². The fourth-order valence-electron chi connectivity index (χ4n) is 2.96. The maximum atomic E-state index is 12.6. The van der Waals surface area contributed by atoms with Gasteiger partial charge in [0.2, 0.25) is 0 Å². The molecule has 0 atom stereocenters. The van der Waals surface area contributed by atoms with Crippen LogP contribution < -0.4 is 10.0 Å². The van der Waals surface area contributed by atoms with Crippen LogP contribution in [0.2, 0.25) is 0 Å². The molecule has 1 aromatic heterocycles. The van der Waals surface area contributed by atoms with E-state index < -0.39 is 10.0 Å². The predicted octanol–water partition coefficient (Wildman–Crippen LogP) is 4.96. The van der Waals surface area contributed by atoms with Gasteiger partial charge in [-0.1, -0.05) is 37.2 Å². The molecule has 27 heavy (non-hydrogen) atoms. The molecular formula is C20H23N3O3S. The van der Waals surface area contributed by atoms with Gasteiger partial charge in [-0.05, 0) is 55.7 Å². The molecule has 0 aliphatic carbocycles. The summed E-state index contributed by atoms with van der Waals surface area (Å²) in [5.41, 5.74) is 3.95. The molecule has 0 aliphatic rings. The minimum absolute atomic E-state index is 0.0792. The first-order valence-electron chi connectivity index (χ1n) is 8.69. The van der Waals surface area contributed by atoms with Crippen molar-refractivity contribution in [2.45, 2.75) is 38.5 Å². The summed E-state index contributed by atoms with van der Waals surface area (Å²) in [6.07, 6.45) is 0. The zero-order valence-electron chi connectivity index (χ0n) is 15.8. The van der Waals surface area contributed by atoms with Crippen LogP contribution in [0.25, 0.3) is 0 Å². The number of sulfonamides is 1. The Hall–Kier alpha value is -2.80. The topological polar surface area (TPSA) is 84.2 Å². The van der Waals surface area contributed by atoms with Crippen LogP contribution in [-0.2, 0) is 10.0 Å². The van der Waals surface area contributed by atoms with Gasteiger partial charge < -0.3 is 9.84 Å². The molecule has 0 amide bonds. The molecule has 7 heteroatoms. The van der Waals surface area contributed by atoms with E-state index in [1.165, 1.54) is 5.56 Å². The SMILES string of the molecule is Cc1noc(C)c1S(=O)(=O)Nc1ccc(Nc2ccccc2C(C)C)cc1. The first-order chi connectivity index (χ1) is 12.8. The fourth-order valence-corrected chi connectivity index (χ4v) is 4.35.